The molecule has 0 saturated carbocycles. The summed E-state index contributed by atoms with van der Waals surface area (Å²) < 4.78 is 0. The molecule has 0 aliphatic heterocycles. The first kappa shape index (κ1) is 22.6. The van der Waals surface area contributed by atoms with Crippen molar-refractivity contribution >= 4 is 43.5 Å². The molecular formula is C37H23N3. The zero-order valence-corrected chi connectivity index (χ0v) is 21.6. The minimum Gasteiger partial charge on any atom is -0.256 e. The Kier molecular flexibility index (Phi) is 5.14. The third-order valence-electron chi connectivity index (χ3n) is 7.67. The minimum atomic E-state index is 0.917. The van der Waals surface area contributed by atoms with Crippen molar-refractivity contribution in [3.05, 3.63) is 140 Å². The molecular weight excluding hydrogens is 486 g/mol. The Morgan fingerprint density at radius 3 is 1.82 bits per heavy atom. The van der Waals surface area contributed by atoms with E-state index in [-0.39, 0.29) is 0 Å². The van der Waals surface area contributed by atoms with E-state index < -0.39 is 0 Å². The van der Waals surface area contributed by atoms with Crippen LogP contribution in [-0.2, 0) is 0 Å². The van der Waals surface area contributed by atoms with Crippen LogP contribution in [0.4, 0.5) is 0 Å². The number of aromatic nitrogens is 3. The summed E-state index contributed by atoms with van der Waals surface area (Å²) in [6, 6.07) is 46.7. The second-order valence-corrected chi connectivity index (χ2v) is 10.2. The van der Waals surface area contributed by atoms with Crippen LogP contribution in [-0.4, -0.2) is 15.0 Å². The van der Waals surface area contributed by atoms with Crippen molar-refractivity contribution in [2.24, 2.45) is 0 Å². The molecule has 3 heteroatoms. The molecule has 40 heavy (non-hydrogen) atoms. The molecule has 0 unspecified atom stereocenters. The summed E-state index contributed by atoms with van der Waals surface area (Å²) in [4.78, 5) is 14.8. The maximum Gasteiger partial charge on any atom is 0.0795 e. The number of rotatable bonds is 3. The van der Waals surface area contributed by atoms with Crippen molar-refractivity contribution in [3.63, 3.8) is 0 Å². The van der Waals surface area contributed by atoms with Crippen LogP contribution in [0.5, 0.6) is 0 Å². The normalized spacial score (nSPS) is 11.5. The van der Waals surface area contributed by atoms with Gasteiger partial charge >= 0.3 is 0 Å². The van der Waals surface area contributed by atoms with Crippen LogP contribution < -0.4 is 0 Å². The lowest BCUT2D eigenvalue weighted by Crippen LogP contribution is -1.90. The summed E-state index contributed by atoms with van der Waals surface area (Å²) in [5.41, 5.74) is 9.17. The lowest BCUT2D eigenvalue weighted by molar-refractivity contribution is 1.36. The van der Waals surface area contributed by atoms with Crippen molar-refractivity contribution in [2.75, 3.05) is 0 Å². The first-order valence-electron chi connectivity index (χ1n) is 13.4. The summed E-state index contributed by atoms with van der Waals surface area (Å²) in [6.45, 7) is 0. The summed E-state index contributed by atoms with van der Waals surface area (Å²) in [5, 5.41) is 5.82. The van der Waals surface area contributed by atoms with E-state index in [0.717, 1.165) is 60.8 Å². The van der Waals surface area contributed by atoms with E-state index in [1.54, 1.807) is 0 Å². The number of benzene rings is 5. The zero-order valence-electron chi connectivity index (χ0n) is 21.6. The van der Waals surface area contributed by atoms with Gasteiger partial charge in [-0.05, 0) is 58.3 Å². The fraction of sp³-hybridized carbons (Fsp3) is 0. The van der Waals surface area contributed by atoms with E-state index >= 15 is 0 Å². The van der Waals surface area contributed by atoms with Crippen LogP contribution in [0.3, 0.4) is 0 Å². The summed E-state index contributed by atoms with van der Waals surface area (Å²) in [7, 11) is 0. The maximum atomic E-state index is 5.08. The maximum absolute atomic E-state index is 5.08. The van der Waals surface area contributed by atoms with Gasteiger partial charge in [0.2, 0.25) is 0 Å². The van der Waals surface area contributed by atoms with E-state index in [9.17, 15) is 0 Å². The van der Waals surface area contributed by atoms with Crippen molar-refractivity contribution in [1.82, 2.24) is 15.0 Å². The predicted octanol–water partition coefficient (Wildman–Crippen LogP) is 9.49. The second-order valence-electron chi connectivity index (χ2n) is 10.2. The lowest BCUT2D eigenvalue weighted by atomic mass is 9.99. The standard InChI is InChI=1S/C37H23N3/c1-2-6-28-21-29(13-10-24(28)5-1)30-14-11-25-16-18-33(39-35(25)22-30)31-15-12-26-17-19-34(40-36(26)23-31)32-9-3-7-27-8-4-20-38-37(27)32/h1-23H. The van der Waals surface area contributed by atoms with Crippen molar-refractivity contribution in [1.29, 1.82) is 0 Å². The van der Waals surface area contributed by atoms with E-state index in [1.807, 2.05) is 12.3 Å². The van der Waals surface area contributed by atoms with Crippen molar-refractivity contribution in [2.45, 2.75) is 0 Å². The molecule has 5 aromatic carbocycles. The van der Waals surface area contributed by atoms with Crippen LogP contribution in [0.25, 0.3) is 77.1 Å². The molecule has 0 saturated heterocycles. The molecule has 0 amide bonds. The average Bonchev–Trinajstić information content (AvgIpc) is 3.03. The molecule has 0 bridgehead atoms. The molecule has 0 aliphatic carbocycles. The van der Waals surface area contributed by atoms with Gasteiger partial charge in [0.25, 0.3) is 0 Å². The number of nitrogens with zero attached hydrogens (tertiary/aromatic N) is 3. The Balaban J connectivity index is 1.20. The lowest BCUT2D eigenvalue weighted by Gasteiger charge is -2.09. The molecule has 186 valence electrons. The Morgan fingerprint density at radius 2 is 0.975 bits per heavy atom. The van der Waals surface area contributed by atoms with Gasteiger partial charge in [0, 0.05) is 33.5 Å². The van der Waals surface area contributed by atoms with Gasteiger partial charge in [-0.25, -0.2) is 9.97 Å². The zero-order chi connectivity index (χ0) is 26.5. The van der Waals surface area contributed by atoms with Crippen LogP contribution in [0, 0.1) is 0 Å². The van der Waals surface area contributed by atoms with Gasteiger partial charge in [0.15, 0.2) is 0 Å². The number of hydrogen-bond acceptors (Lipinski definition) is 3. The molecule has 0 fully saturated rings. The average molecular weight is 510 g/mol. The first-order valence-corrected chi connectivity index (χ1v) is 13.4. The molecule has 0 aliphatic rings. The minimum absolute atomic E-state index is 0.917. The van der Waals surface area contributed by atoms with Crippen LogP contribution in [0.2, 0.25) is 0 Å². The molecule has 3 heterocycles. The van der Waals surface area contributed by atoms with E-state index in [0.29, 0.717) is 0 Å². The highest BCUT2D eigenvalue weighted by molar-refractivity contribution is 5.95. The Hall–Kier alpha value is -5.41. The monoisotopic (exact) mass is 509 g/mol. The number of pyridine rings is 3. The molecule has 0 atom stereocenters. The van der Waals surface area contributed by atoms with Crippen LogP contribution >= 0.6 is 0 Å². The predicted molar refractivity (Wildman–Crippen MR) is 166 cm³/mol. The van der Waals surface area contributed by atoms with E-state index in [1.165, 1.54) is 16.3 Å². The van der Waals surface area contributed by atoms with Gasteiger partial charge in [0.05, 0.1) is 27.9 Å². The molecule has 3 aromatic heterocycles. The Bertz CT molecular complexity index is 2230. The third kappa shape index (κ3) is 3.88. The van der Waals surface area contributed by atoms with E-state index in [4.69, 9.17) is 9.97 Å². The fourth-order valence-corrected chi connectivity index (χ4v) is 5.56. The number of hydrogen-bond donors (Lipinski definition) is 0. The third-order valence-corrected chi connectivity index (χ3v) is 7.67. The summed E-state index contributed by atoms with van der Waals surface area (Å²) >= 11 is 0. The number of fused-ring (bicyclic) bond motifs is 4. The molecule has 0 N–H and O–H groups in total. The van der Waals surface area contributed by atoms with Crippen LogP contribution in [0.15, 0.2) is 140 Å². The molecule has 0 spiro atoms. The highest BCUT2D eigenvalue weighted by Gasteiger charge is 2.10. The van der Waals surface area contributed by atoms with E-state index in [2.05, 4.69) is 132 Å². The highest BCUT2D eigenvalue weighted by Crippen LogP contribution is 2.31. The smallest absolute Gasteiger partial charge is 0.0795 e. The van der Waals surface area contributed by atoms with Gasteiger partial charge in [-0.2, -0.15) is 0 Å². The SMILES string of the molecule is c1ccc2cc(-c3ccc4ccc(-c5ccc6ccc(-c7cccc8cccnc78)nc6c5)nc4c3)ccc2c1. The summed E-state index contributed by atoms with van der Waals surface area (Å²) in [6.07, 6.45) is 1.84. The number of para-hydroxylation sites is 1. The van der Waals surface area contributed by atoms with Crippen LogP contribution in [0.1, 0.15) is 0 Å². The molecule has 3 nitrogen and oxygen atoms in total. The topological polar surface area (TPSA) is 38.7 Å². The Labute approximate surface area is 231 Å². The molecule has 8 aromatic rings. The van der Waals surface area contributed by atoms with Crippen molar-refractivity contribution in [3.8, 4) is 33.6 Å². The largest absolute Gasteiger partial charge is 0.256 e. The van der Waals surface area contributed by atoms with Gasteiger partial charge in [0.1, 0.15) is 0 Å². The molecule has 8 rings (SSSR count). The summed E-state index contributed by atoms with van der Waals surface area (Å²) in [5.74, 6) is 0. The molecule has 0 radical (unpaired) electrons. The first-order chi connectivity index (χ1) is 19.8. The Morgan fingerprint density at radius 1 is 0.375 bits per heavy atom. The van der Waals surface area contributed by atoms with Gasteiger partial charge in [-0.3, -0.25) is 4.98 Å². The van der Waals surface area contributed by atoms with Gasteiger partial charge in [-0.15, -0.1) is 0 Å². The second kappa shape index (κ2) is 9.11. The fourth-order valence-electron chi connectivity index (χ4n) is 5.56. The van der Waals surface area contributed by atoms with Gasteiger partial charge < -0.3 is 0 Å². The quantitative estimate of drug-likeness (QED) is 0.238. The van der Waals surface area contributed by atoms with Crippen molar-refractivity contribution < 1.29 is 0 Å². The highest BCUT2D eigenvalue weighted by atomic mass is 14.7. The van der Waals surface area contributed by atoms with Gasteiger partial charge in [-0.1, -0.05) is 97.1 Å².